The molecule has 24 heavy (non-hydrogen) atoms. The van der Waals surface area contributed by atoms with Gasteiger partial charge in [0.2, 0.25) is 0 Å². The number of carbonyl (C=O) groups excluding carboxylic acids is 1. The van der Waals surface area contributed by atoms with E-state index in [1.54, 1.807) is 6.92 Å². The lowest BCUT2D eigenvalue weighted by Crippen LogP contribution is -2.49. The predicted octanol–water partition coefficient (Wildman–Crippen LogP) is 6.88. The SMILES string of the molecule is C=C1CCC2C(C)(C)CCCC2(C)C1CC/C(C)=C/CCC(C)=O. The zero-order valence-corrected chi connectivity index (χ0v) is 16.7. The molecular weight excluding hydrogens is 292 g/mol. The molecule has 1 nitrogen and oxygen atoms in total. The lowest BCUT2D eigenvalue weighted by Gasteiger charge is -2.58. The van der Waals surface area contributed by atoms with Crippen molar-refractivity contribution in [2.75, 3.05) is 0 Å². The fraction of sp³-hybridized carbons (Fsp3) is 0.783. The summed E-state index contributed by atoms with van der Waals surface area (Å²) in [5.74, 6) is 1.81. The van der Waals surface area contributed by atoms with Crippen LogP contribution >= 0.6 is 0 Å². The highest BCUT2D eigenvalue weighted by Crippen LogP contribution is 2.61. The Kier molecular flexibility index (Phi) is 6.15. The first-order valence-electron chi connectivity index (χ1n) is 9.99. The molecule has 0 radical (unpaired) electrons. The molecule has 0 N–H and O–H groups in total. The predicted molar refractivity (Wildman–Crippen MR) is 104 cm³/mol. The Morgan fingerprint density at radius 2 is 1.92 bits per heavy atom. The van der Waals surface area contributed by atoms with Gasteiger partial charge in [-0.3, -0.25) is 0 Å². The molecule has 2 fully saturated rings. The molecule has 0 aromatic heterocycles. The number of fused-ring (bicyclic) bond motifs is 1. The van der Waals surface area contributed by atoms with Crippen molar-refractivity contribution in [2.45, 2.75) is 92.4 Å². The van der Waals surface area contributed by atoms with Crippen LogP contribution in [0, 0.1) is 22.7 Å². The van der Waals surface area contributed by atoms with Crippen molar-refractivity contribution in [3.8, 4) is 0 Å². The summed E-state index contributed by atoms with van der Waals surface area (Å²) in [5, 5.41) is 0. The van der Waals surface area contributed by atoms with Crippen molar-refractivity contribution in [1.82, 2.24) is 0 Å². The number of rotatable bonds is 6. The summed E-state index contributed by atoms with van der Waals surface area (Å²) in [6.45, 7) is 15.9. The Labute approximate surface area is 150 Å². The van der Waals surface area contributed by atoms with E-state index in [1.165, 1.54) is 49.7 Å². The Hall–Kier alpha value is -0.850. The quantitative estimate of drug-likeness (QED) is 0.485. The molecule has 0 aliphatic heterocycles. The molecule has 0 saturated heterocycles. The minimum atomic E-state index is 0.291. The summed E-state index contributed by atoms with van der Waals surface area (Å²) in [6.07, 6.45) is 13.0. The van der Waals surface area contributed by atoms with E-state index in [1.807, 2.05) is 0 Å². The van der Waals surface area contributed by atoms with E-state index >= 15 is 0 Å². The lowest BCUT2D eigenvalue weighted by atomic mass is 9.47. The Morgan fingerprint density at radius 3 is 2.58 bits per heavy atom. The third-order valence-corrected chi connectivity index (χ3v) is 7.14. The van der Waals surface area contributed by atoms with Crippen LogP contribution in [0.3, 0.4) is 0 Å². The summed E-state index contributed by atoms with van der Waals surface area (Å²) >= 11 is 0. The molecule has 1 heteroatoms. The van der Waals surface area contributed by atoms with Gasteiger partial charge in [0.15, 0.2) is 0 Å². The van der Waals surface area contributed by atoms with E-state index < -0.39 is 0 Å². The minimum Gasteiger partial charge on any atom is -0.300 e. The average Bonchev–Trinajstić information content (AvgIpc) is 2.45. The van der Waals surface area contributed by atoms with Gasteiger partial charge in [-0.25, -0.2) is 0 Å². The maximum absolute atomic E-state index is 11.1. The smallest absolute Gasteiger partial charge is 0.130 e. The minimum absolute atomic E-state index is 0.291. The van der Waals surface area contributed by atoms with E-state index in [0.717, 1.165) is 18.8 Å². The van der Waals surface area contributed by atoms with Crippen LogP contribution in [-0.4, -0.2) is 5.78 Å². The highest BCUT2D eigenvalue weighted by Gasteiger charge is 2.52. The zero-order chi connectivity index (χ0) is 18.0. The van der Waals surface area contributed by atoms with Gasteiger partial charge >= 0.3 is 0 Å². The molecule has 0 bridgehead atoms. The van der Waals surface area contributed by atoms with Crippen LogP contribution in [0.2, 0.25) is 0 Å². The van der Waals surface area contributed by atoms with Gasteiger partial charge in [0.25, 0.3) is 0 Å². The van der Waals surface area contributed by atoms with Crippen LogP contribution in [0.4, 0.5) is 0 Å². The van der Waals surface area contributed by atoms with Crippen molar-refractivity contribution in [3.63, 3.8) is 0 Å². The van der Waals surface area contributed by atoms with Crippen LogP contribution < -0.4 is 0 Å². The van der Waals surface area contributed by atoms with Gasteiger partial charge in [0.05, 0.1) is 0 Å². The summed E-state index contributed by atoms with van der Waals surface area (Å²) in [5.41, 5.74) is 3.88. The maximum Gasteiger partial charge on any atom is 0.130 e. The zero-order valence-electron chi connectivity index (χ0n) is 16.7. The van der Waals surface area contributed by atoms with Crippen LogP contribution in [0.5, 0.6) is 0 Å². The van der Waals surface area contributed by atoms with Crippen LogP contribution in [0.25, 0.3) is 0 Å². The molecule has 2 aliphatic carbocycles. The van der Waals surface area contributed by atoms with Crippen molar-refractivity contribution in [2.24, 2.45) is 22.7 Å². The van der Waals surface area contributed by atoms with Crippen LogP contribution in [0.1, 0.15) is 92.4 Å². The van der Waals surface area contributed by atoms with Gasteiger partial charge in [-0.2, -0.15) is 0 Å². The molecule has 0 heterocycles. The molecule has 3 unspecified atom stereocenters. The Balaban J connectivity index is 2.04. The Bertz CT molecular complexity index is 510. The highest BCUT2D eigenvalue weighted by atomic mass is 16.1. The summed E-state index contributed by atoms with van der Waals surface area (Å²) in [7, 11) is 0. The van der Waals surface area contributed by atoms with E-state index in [2.05, 4.69) is 40.3 Å². The molecule has 0 spiro atoms. The number of hydrogen-bond donors (Lipinski definition) is 0. The Morgan fingerprint density at radius 1 is 1.21 bits per heavy atom. The van der Waals surface area contributed by atoms with Crippen molar-refractivity contribution < 1.29 is 4.79 Å². The van der Waals surface area contributed by atoms with E-state index in [-0.39, 0.29) is 0 Å². The molecule has 2 rings (SSSR count). The van der Waals surface area contributed by atoms with Gasteiger partial charge in [0, 0.05) is 6.42 Å². The number of Topliss-reactive ketones (excluding diaryl/α,β-unsaturated/α-hetero) is 1. The standard InChI is InChI=1S/C23H38O/c1-17(9-7-10-19(3)24)11-13-20-18(2)12-14-21-22(4,5)15-8-16-23(20,21)6/h9,20-21H,2,7-8,10-16H2,1,3-6H3/b17-9+. The van der Waals surface area contributed by atoms with E-state index in [0.29, 0.717) is 29.0 Å². The van der Waals surface area contributed by atoms with Gasteiger partial charge in [0.1, 0.15) is 5.78 Å². The topological polar surface area (TPSA) is 17.1 Å². The second kappa shape index (κ2) is 7.58. The molecule has 2 aliphatic rings. The van der Waals surface area contributed by atoms with Crippen molar-refractivity contribution in [3.05, 3.63) is 23.8 Å². The van der Waals surface area contributed by atoms with Gasteiger partial charge in [-0.1, -0.05) is 51.0 Å². The van der Waals surface area contributed by atoms with Crippen LogP contribution in [-0.2, 0) is 4.79 Å². The van der Waals surface area contributed by atoms with Gasteiger partial charge in [-0.05, 0) is 81.5 Å². The molecule has 0 amide bonds. The normalized spacial score (nSPS) is 33.2. The summed E-state index contributed by atoms with van der Waals surface area (Å²) in [6, 6.07) is 0. The monoisotopic (exact) mass is 330 g/mol. The third-order valence-electron chi connectivity index (χ3n) is 7.14. The molecule has 0 aromatic carbocycles. The second-order valence-electron chi connectivity index (χ2n) is 9.48. The molecule has 3 atom stereocenters. The van der Waals surface area contributed by atoms with Crippen LogP contribution in [0.15, 0.2) is 23.8 Å². The van der Waals surface area contributed by atoms with E-state index in [4.69, 9.17) is 0 Å². The molecule has 2 saturated carbocycles. The van der Waals surface area contributed by atoms with E-state index in [9.17, 15) is 4.79 Å². The summed E-state index contributed by atoms with van der Waals surface area (Å²) < 4.78 is 0. The molecule has 0 aromatic rings. The second-order valence-corrected chi connectivity index (χ2v) is 9.48. The number of allylic oxidation sites excluding steroid dienone is 3. The maximum atomic E-state index is 11.1. The average molecular weight is 331 g/mol. The van der Waals surface area contributed by atoms with Gasteiger partial charge in [-0.15, -0.1) is 0 Å². The number of ketones is 1. The van der Waals surface area contributed by atoms with Crippen molar-refractivity contribution in [1.29, 1.82) is 0 Å². The first-order chi connectivity index (χ1) is 11.2. The number of carbonyl (C=O) groups is 1. The largest absolute Gasteiger partial charge is 0.300 e. The fourth-order valence-electron chi connectivity index (χ4n) is 5.80. The highest BCUT2D eigenvalue weighted by molar-refractivity contribution is 5.75. The fourth-order valence-corrected chi connectivity index (χ4v) is 5.80. The first-order valence-corrected chi connectivity index (χ1v) is 9.99. The number of hydrogen-bond acceptors (Lipinski definition) is 1. The lowest BCUT2D eigenvalue weighted by molar-refractivity contribution is -0.116. The first kappa shape index (κ1) is 19.5. The molecular formula is C23H38O. The van der Waals surface area contributed by atoms with Crippen molar-refractivity contribution >= 4 is 5.78 Å². The summed E-state index contributed by atoms with van der Waals surface area (Å²) in [4.78, 5) is 11.1. The third kappa shape index (κ3) is 4.21. The molecule has 136 valence electrons. The van der Waals surface area contributed by atoms with Gasteiger partial charge < -0.3 is 4.79 Å².